The molecule has 0 bridgehead atoms. The average molecular weight is 330 g/mol. The van der Waals surface area contributed by atoms with Crippen molar-refractivity contribution in [3.63, 3.8) is 0 Å². The molecular weight excluding hydrogens is 312 g/mol. The molecule has 0 N–H and O–H groups in total. The van der Waals surface area contributed by atoms with Crippen LogP contribution in [-0.2, 0) is 11.3 Å². The molecule has 3 aromatic rings. The minimum Gasteiger partial charge on any atom is -0.440 e. The van der Waals surface area contributed by atoms with Gasteiger partial charge in [-0.3, -0.25) is 0 Å². The second-order valence-corrected chi connectivity index (χ2v) is 6.30. The third-order valence-corrected chi connectivity index (χ3v) is 4.41. The van der Waals surface area contributed by atoms with Crippen molar-refractivity contribution in [2.45, 2.75) is 23.9 Å². The first-order valence-electron chi connectivity index (χ1n) is 7.32. The quantitative estimate of drug-likeness (QED) is 0.618. The Labute approximate surface area is 138 Å². The predicted molar refractivity (Wildman–Crippen MR) is 88.1 cm³/mol. The van der Waals surface area contributed by atoms with Crippen LogP contribution in [0.15, 0.2) is 52.4 Å². The molecule has 3 rings (SSSR count). The zero-order chi connectivity index (χ0) is 16.1. The summed E-state index contributed by atoms with van der Waals surface area (Å²) in [5, 5.41) is 8.98. The minimum absolute atomic E-state index is 0.0398. The summed E-state index contributed by atoms with van der Waals surface area (Å²) in [6, 6.07) is 9.95. The number of benzene rings is 1. The van der Waals surface area contributed by atoms with E-state index in [2.05, 4.69) is 15.2 Å². The summed E-state index contributed by atoms with van der Waals surface area (Å²) < 4.78 is 12.9. The molecule has 0 radical (unpaired) electrons. The molecule has 0 spiro atoms. The summed E-state index contributed by atoms with van der Waals surface area (Å²) in [4.78, 5) is 4.40. The number of methoxy groups -OCH3 is 1. The topological polar surface area (TPSA) is 66.0 Å². The summed E-state index contributed by atoms with van der Waals surface area (Å²) in [5.74, 6) is 1.45. The van der Waals surface area contributed by atoms with Gasteiger partial charge in [-0.15, -0.1) is 10.2 Å². The largest absolute Gasteiger partial charge is 0.440 e. The van der Waals surface area contributed by atoms with Crippen LogP contribution >= 0.6 is 11.8 Å². The smallest absolute Gasteiger partial charge is 0.208 e. The Hall–Kier alpha value is -2.12. The first kappa shape index (κ1) is 15.8. The lowest BCUT2D eigenvalue weighted by Gasteiger charge is -2.08. The molecule has 0 fully saturated rings. The Bertz CT molecular complexity index is 741. The van der Waals surface area contributed by atoms with E-state index in [0.717, 1.165) is 23.0 Å². The van der Waals surface area contributed by atoms with Gasteiger partial charge in [-0.05, 0) is 6.92 Å². The van der Waals surface area contributed by atoms with Crippen LogP contribution in [0.25, 0.3) is 11.3 Å². The van der Waals surface area contributed by atoms with Gasteiger partial charge < -0.3 is 13.7 Å². The van der Waals surface area contributed by atoms with Crippen LogP contribution in [-0.4, -0.2) is 33.5 Å². The van der Waals surface area contributed by atoms with E-state index in [9.17, 15) is 0 Å². The van der Waals surface area contributed by atoms with E-state index in [4.69, 9.17) is 9.15 Å². The van der Waals surface area contributed by atoms with E-state index in [1.54, 1.807) is 31.4 Å². The molecule has 2 aromatic heterocycles. The maximum atomic E-state index is 5.89. The molecule has 1 aromatic carbocycles. The SMILES string of the molecule is COCCn1cnnc1S[C@@H](C)c1ncc(-c2ccccc2)o1. The first-order valence-corrected chi connectivity index (χ1v) is 8.20. The number of oxazole rings is 1. The monoisotopic (exact) mass is 330 g/mol. The number of aromatic nitrogens is 4. The first-order chi connectivity index (χ1) is 11.3. The van der Waals surface area contributed by atoms with Crippen molar-refractivity contribution in [3.05, 3.63) is 48.7 Å². The molecule has 0 unspecified atom stereocenters. The van der Waals surface area contributed by atoms with Crippen molar-refractivity contribution in [3.8, 4) is 11.3 Å². The molecule has 0 aliphatic rings. The van der Waals surface area contributed by atoms with Gasteiger partial charge in [0.2, 0.25) is 5.89 Å². The van der Waals surface area contributed by atoms with E-state index in [1.165, 1.54) is 0 Å². The van der Waals surface area contributed by atoms with E-state index in [0.29, 0.717) is 12.5 Å². The van der Waals surface area contributed by atoms with Crippen LogP contribution in [0.5, 0.6) is 0 Å². The Morgan fingerprint density at radius 3 is 2.91 bits per heavy atom. The molecular formula is C16H18N4O2S. The normalized spacial score (nSPS) is 12.4. The third-order valence-electron chi connectivity index (χ3n) is 3.33. The maximum Gasteiger partial charge on any atom is 0.208 e. The van der Waals surface area contributed by atoms with Crippen molar-refractivity contribution in [1.82, 2.24) is 19.7 Å². The van der Waals surface area contributed by atoms with Gasteiger partial charge in [-0.25, -0.2) is 4.98 Å². The zero-order valence-electron chi connectivity index (χ0n) is 13.0. The molecule has 6 nitrogen and oxygen atoms in total. The molecule has 0 amide bonds. The van der Waals surface area contributed by atoms with Gasteiger partial charge in [0.05, 0.1) is 18.1 Å². The van der Waals surface area contributed by atoms with E-state index in [1.807, 2.05) is 41.8 Å². The zero-order valence-corrected chi connectivity index (χ0v) is 13.9. The summed E-state index contributed by atoms with van der Waals surface area (Å²) in [5.41, 5.74) is 1.02. The van der Waals surface area contributed by atoms with E-state index >= 15 is 0 Å². The lowest BCUT2D eigenvalue weighted by atomic mass is 10.2. The number of thioether (sulfide) groups is 1. The Balaban J connectivity index is 1.71. The predicted octanol–water partition coefficient (Wildman–Crippen LogP) is 3.43. The van der Waals surface area contributed by atoms with Crippen LogP contribution in [0.4, 0.5) is 0 Å². The summed E-state index contributed by atoms with van der Waals surface area (Å²) >= 11 is 1.57. The Morgan fingerprint density at radius 2 is 2.13 bits per heavy atom. The highest BCUT2D eigenvalue weighted by atomic mass is 32.2. The van der Waals surface area contributed by atoms with Gasteiger partial charge in [0.25, 0.3) is 0 Å². The van der Waals surface area contributed by atoms with Gasteiger partial charge in [0.15, 0.2) is 10.9 Å². The van der Waals surface area contributed by atoms with Gasteiger partial charge in [0, 0.05) is 19.2 Å². The standard InChI is InChI=1S/C16H18N4O2S/c1-12(23-16-19-18-11-20(16)8-9-21-2)15-17-10-14(22-15)13-6-4-3-5-7-13/h3-7,10-12H,8-9H2,1-2H3/t12-/m0/s1. The van der Waals surface area contributed by atoms with Crippen LogP contribution < -0.4 is 0 Å². The van der Waals surface area contributed by atoms with Crippen LogP contribution in [0.1, 0.15) is 18.1 Å². The molecule has 0 saturated heterocycles. The highest BCUT2D eigenvalue weighted by Crippen LogP contribution is 2.34. The van der Waals surface area contributed by atoms with Gasteiger partial charge >= 0.3 is 0 Å². The maximum absolute atomic E-state index is 5.89. The van der Waals surface area contributed by atoms with Crippen LogP contribution in [0, 0.1) is 0 Å². The van der Waals surface area contributed by atoms with E-state index < -0.39 is 0 Å². The van der Waals surface area contributed by atoms with Crippen LogP contribution in [0.2, 0.25) is 0 Å². The van der Waals surface area contributed by atoms with Crippen molar-refractivity contribution in [1.29, 1.82) is 0 Å². The highest BCUT2D eigenvalue weighted by molar-refractivity contribution is 7.99. The fourth-order valence-electron chi connectivity index (χ4n) is 2.10. The van der Waals surface area contributed by atoms with Crippen molar-refractivity contribution in [2.24, 2.45) is 0 Å². The number of rotatable bonds is 7. The lowest BCUT2D eigenvalue weighted by molar-refractivity contribution is 0.184. The summed E-state index contributed by atoms with van der Waals surface area (Å²) in [6.07, 6.45) is 3.47. The van der Waals surface area contributed by atoms with Crippen molar-refractivity contribution in [2.75, 3.05) is 13.7 Å². The number of ether oxygens (including phenoxy) is 1. The number of hydrogen-bond donors (Lipinski definition) is 0. The van der Waals surface area contributed by atoms with Gasteiger partial charge in [-0.2, -0.15) is 0 Å². The Kier molecular flexibility index (Phi) is 5.09. The molecule has 7 heteroatoms. The molecule has 2 heterocycles. The fourth-order valence-corrected chi connectivity index (χ4v) is 2.99. The van der Waals surface area contributed by atoms with Crippen molar-refractivity contribution >= 4 is 11.8 Å². The summed E-state index contributed by atoms with van der Waals surface area (Å²) in [6.45, 7) is 3.39. The van der Waals surface area contributed by atoms with Crippen molar-refractivity contribution < 1.29 is 9.15 Å². The van der Waals surface area contributed by atoms with Crippen LogP contribution in [0.3, 0.4) is 0 Å². The van der Waals surface area contributed by atoms with Gasteiger partial charge in [0.1, 0.15) is 6.33 Å². The summed E-state index contributed by atoms with van der Waals surface area (Å²) in [7, 11) is 1.68. The third kappa shape index (κ3) is 3.80. The second kappa shape index (κ2) is 7.43. The van der Waals surface area contributed by atoms with Gasteiger partial charge in [-0.1, -0.05) is 42.1 Å². The number of hydrogen-bond acceptors (Lipinski definition) is 6. The molecule has 0 aliphatic carbocycles. The second-order valence-electron chi connectivity index (χ2n) is 4.99. The molecule has 1 atom stereocenters. The highest BCUT2D eigenvalue weighted by Gasteiger charge is 2.17. The molecule has 0 saturated carbocycles. The fraction of sp³-hybridized carbons (Fsp3) is 0.312. The molecule has 23 heavy (non-hydrogen) atoms. The Morgan fingerprint density at radius 1 is 1.30 bits per heavy atom. The molecule has 120 valence electrons. The lowest BCUT2D eigenvalue weighted by Crippen LogP contribution is -2.05. The average Bonchev–Trinajstić information content (AvgIpc) is 3.23. The molecule has 0 aliphatic heterocycles. The van der Waals surface area contributed by atoms with E-state index in [-0.39, 0.29) is 5.25 Å². The minimum atomic E-state index is 0.0398. The number of nitrogens with zero attached hydrogens (tertiary/aromatic N) is 4.